The van der Waals surface area contributed by atoms with E-state index in [9.17, 15) is 0 Å². The summed E-state index contributed by atoms with van der Waals surface area (Å²) in [6.07, 6.45) is 5.72. The van der Waals surface area contributed by atoms with Crippen LogP contribution in [0, 0.1) is 11.3 Å². The van der Waals surface area contributed by atoms with Crippen LogP contribution in [0.5, 0.6) is 0 Å². The van der Waals surface area contributed by atoms with Crippen molar-refractivity contribution < 1.29 is 0 Å². The van der Waals surface area contributed by atoms with Crippen molar-refractivity contribution in [2.75, 3.05) is 13.1 Å². The maximum absolute atomic E-state index is 2.79. The monoisotopic (exact) mass is 195 g/mol. The second-order valence-corrected chi connectivity index (χ2v) is 6.48. The van der Waals surface area contributed by atoms with Gasteiger partial charge in [0.1, 0.15) is 0 Å². The Morgan fingerprint density at radius 1 is 1.21 bits per heavy atom. The molecule has 1 saturated heterocycles. The van der Waals surface area contributed by atoms with Gasteiger partial charge < -0.3 is 0 Å². The molecule has 1 heterocycles. The SMILES string of the molecule is CC1CCCN(C2(C(C)(C)C)CC2)C1. The highest BCUT2D eigenvalue weighted by Gasteiger charge is 2.56. The van der Waals surface area contributed by atoms with Gasteiger partial charge in [-0.25, -0.2) is 0 Å². The summed E-state index contributed by atoms with van der Waals surface area (Å²) in [4.78, 5) is 2.79. The van der Waals surface area contributed by atoms with Crippen LogP contribution >= 0.6 is 0 Å². The third-order valence-electron chi connectivity index (χ3n) is 4.38. The van der Waals surface area contributed by atoms with E-state index < -0.39 is 0 Å². The summed E-state index contributed by atoms with van der Waals surface area (Å²) >= 11 is 0. The molecule has 2 aliphatic rings. The first kappa shape index (κ1) is 10.5. The van der Waals surface area contributed by atoms with Crippen molar-refractivity contribution in [1.29, 1.82) is 0 Å². The molecular weight excluding hydrogens is 170 g/mol. The fourth-order valence-corrected chi connectivity index (χ4v) is 3.24. The van der Waals surface area contributed by atoms with Crippen molar-refractivity contribution in [1.82, 2.24) is 4.90 Å². The number of nitrogens with zero attached hydrogens (tertiary/aromatic N) is 1. The first-order valence-electron chi connectivity index (χ1n) is 6.21. The van der Waals surface area contributed by atoms with Crippen LogP contribution in [0.2, 0.25) is 0 Å². The maximum atomic E-state index is 2.79. The van der Waals surface area contributed by atoms with Gasteiger partial charge in [-0.05, 0) is 43.6 Å². The van der Waals surface area contributed by atoms with Gasteiger partial charge in [0.25, 0.3) is 0 Å². The van der Waals surface area contributed by atoms with Gasteiger partial charge in [-0.2, -0.15) is 0 Å². The standard InChI is InChI=1S/C13H25N/c1-11-6-5-9-14(10-11)13(7-8-13)12(2,3)4/h11H,5-10H2,1-4H3. The molecule has 0 spiro atoms. The molecule has 0 bridgehead atoms. The van der Waals surface area contributed by atoms with E-state index >= 15 is 0 Å². The molecule has 0 aromatic carbocycles. The van der Waals surface area contributed by atoms with Gasteiger partial charge in [0, 0.05) is 12.1 Å². The fourth-order valence-electron chi connectivity index (χ4n) is 3.24. The Balaban J connectivity index is 2.07. The van der Waals surface area contributed by atoms with Crippen molar-refractivity contribution >= 4 is 0 Å². The molecule has 14 heavy (non-hydrogen) atoms. The molecule has 0 amide bonds. The highest BCUT2D eigenvalue weighted by atomic mass is 15.2. The minimum atomic E-state index is 0.476. The zero-order valence-corrected chi connectivity index (χ0v) is 10.3. The van der Waals surface area contributed by atoms with Crippen molar-refractivity contribution in [3.8, 4) is 0 Å². The maximum Gasteiger partial charge on any atom is 0.0259 e. The van der Waals surface area contributed by atoms with Crippen LogP contribution in [0.15, 0.2) is 0 Å². The van der Waals surface area contributed by atoms with Crippen molar-refractivity contribution in [3.05, 3.63) is 0 Å². The zero-order valence-electron chi connectivity index (χ0n) is 10.3. The zero-order chi connectivity index (χ0) is 10.4. The molecule has 2 fully saturated rings. The van der Waals surface area contributed by atoms with Crippen LogP contribution in [0.3, 0.4) is 0 Å². The number of hydrogen-bond acceptors (Lipinski definition) is 1. The van der Waals surface area contributed by atoms with Crippen LogP contribution in [-0.4, -0.2) is 23.5 Å². The van der Waals surface area contributed by atoms with Gasteiger partial charge in [0.2, 0.25) is 0 Å². The third-order valence-corrected chi connectivity index (χ3v) is 4.38. The number of hydrogen-bond donors (Lipinski definition) is 0. The van der Waals surface area contributed by atoms with Crippen molar-refractivity contribution in [3.63, 3.8) is 0 Å². The fraction of sp³-hybridized carbons (Fsp3) is 1.00. The summed E-state index contributed by atoms with van der Waals surface area (Å²) in [5, 5.41) is 0. The van der Waals surface area contributed by atoms with E-state index in [-0.39, 0.29) is 0 Å². The minimum Gasteiger partial charge on any atom is -0.297 e. The summed E-state index contributed by atoms with van der Waals surface area (Å²) in [7, 11) is 0. The van der Waals surface area contributed by atoms with E-state index in [2.05, 4.69) is 32.6 Å². The highest BCUT2D eigenvalue weighted by molar-refractivity contribution is 5.11. The lowest BCUT2D eigenvalue weighted by molar-refractivity contribution is 0.0418. The number of piperidine rings is 1. The summed E-state index contributed by atoms with van der Waals surface area (Å²) in [5.74, 6) is 0.920. The molecular formula is C13H25N. The molecule has 1 unspecified atom stereocenters. The molecule has 1 atom stereocenters. The molecule has 0 aromatic rings. The smallest absolute Gasteiger partial charge is 0.0259 e. The van der Waals surface area contributed by atoms with Gasteiger partial charge in [0.05, 0.1) is 0 Å². The predicted molar refractivity (Wildman–Crippen MR) is 61.4 cm³/mol. The van der Waals surface area contributed by atoms with E-state index in [0.29, 0.717) is 11.0 Å². The van der Waals surface area contributed by atoms with Gasteiger partial charge >= 0.3 is 0 Å². The van der Waals surface area contributed by atoms with Gasteiger partial charge in [-0.15, -0.1) is 0 Å². The molecule has 2 rings (SSSR count). The average molecular weight is 195 g/mol. The topological polar surface area (TPSA) is 3.24 Å². The minimum absolute atomic E-state index is 0.476. The van der Waals surface area contributed by atoms with E-state index in [0.717, 1.165) is 5.92 Å². The first-order chi connectivity index (χ1) is 6.46. The lowest BCUT2D eigenvalue weighted by Crippen LogP contribution is -2.50. The highest BCUT2D eigenvalue weighted by Crippen LogP contribution is 2.55. The summed E-state index contributed by atoms with van der Waals surface area (Å²) in [6, 6.07) is 0. The largest absolute Gasteiger partial charge is 0.297 e. The lowest BCUT2D eigenvalue weighted by Gasteiger charge is -2.44. The van der Waals surface area contributed by atoms with Crippen LogP contribution in [0.4, 0.5) is 0 Å². The molecule has 82 valence electrons. The second kappa shape index (κ2) is 3.23. The Bertz CT molecular complexity index is 210. The Morgan fingerprint density at radius 3 is 2.29 bits per heavy atom. The number of likely N-dealkylation sites (tertiary alicyclic amines) is 1. The predicted octanol–water partition coefficient (Wildman–Crippen LogP) is 3.30. The van der Waals surface area contributed by atoms with Crippen LogP contribution in [-0.2, 0) is 0 Å². The molecule has 1 aliphatic carbocycles. The molecule has 0 N–H and O–H groups in total. The molecule has 1 nitrogen and oxygen atoms in total. The van der Waals surface area contributed by atoms with Gasteiger partial charge in [-0.1, -0.05) is 27.7 Å². The second-order valence-electron chi connectivity index (χ2n) is 6.48. The molecule has 1 heteroatoms. The van der Waals surface area contributed by atoms with Gasteiger partial charge in [0.15, 0.2) is 0 Å². The van der Waals surface area contributed by atoms with Crippen LogP contribution < -0.4 is 0 Å². The van der Waals surface area contributed by atoms with Crippen molar-refractivity contribution in [2.24, 2.45) is 11.3 Å². The molecule has 1 aliphatic heterocycles. The average Bonchev–Trinajstić information content (AvgIpc) is 2.82. The van der Waals surface area contributed by atoms with Crippen molar-refractivity contribution in [2.45, 2.75) is 58.9 Å². The Morgan fingerprint density at radius 2 is 1.86 bits per heavy atom. The van der Waals surface area contributed by atoms with Crippen LogP contribution in [0.1, 0.15) is 53.4 Å². The normalized spacial score (nSPS) is 33.0. The first-order valence-corrected chi connectivity index (χ1v) is 6.21. The van der Waals surface area contributed by atoms with E-state index in [1.54, 1.807) is 0 Å². The third kappa shape index (κ3) is 1.60. The Hall–Kier alpha value is -0.0400. The van der Waals surface area contributed by atoms with E-state index in [1.807, 2.05) is 0 Å². The van der Waals surface area contributed by atoms with E-state index in [4.69, 9.17) is 0 Å². The summed E-state index contributed by atoms with van der Waals surface area (Å²) in [6.45, 7) is 12.3. The quantitative estimate of drug-likeness (QED) is 0.620. The molecule has 1 saturated carbocycles. The van der Waals surface area contributed by atoms with Gasteiger partial charge in [-0.3, -0.25) is 4.90 Å². The number of rotatable bonds is 1. The molecule has 0 radical (unpaired) electrons. The Labute approximate surface area is 88.9 Å². The van der Waals surface area contributed by atoms with E-state index in [1.165, 1.54) is 38.8 Å². The Kier molecular flexibility index (Phi) is 2.42. The van der Waals surface area contributed by atoms with Crippen LogP contribution in [0.25, 0.3) is 0 Å². The summed E-state index contributed by atoms with van der Waals surface area (Å²) < 4.78 is 0. The molecule has 0 aromatic heterocycles. The lowest BCUT2D eigenvalue weighted by atomic mass is 9.81. The summed E-state index contributed by atoms with van der Waals surface area (Å²) in [5.41, 5.74) is 1.05.